The molecule has 0 N–H and O–H groups in total. The van der Waals surface area contributed by atoms with Crippen LogP contribution in [0.1, 0.15) is 37.5 Å². The van der Waals surface area contributed by atoms with Crippen molar-refractivity contribution in [2.24, 2.45) is 10.4 Å². The Morgan fingerprint density at radius 3 is 1.61 bits per heavy atom. The third-order valence-electron chi connectivity index (χ3n) is 5.93. The van der Waals surface area contributed by atoms with Crippen molar-refractivity contribution in [2.75, 3.05) is 6.61 Å². The summed E-state index contributed by atoms with van der Waals surface area (Å²) in [5, 5.41) is 1.87. The highest BCUT2D eigenvalue weighted by Crippen LogP contribution is 2.38. The van der Waals surface area contributed by atoms with Crippen LogP contribution in [0.3, 0.4) is 0 Å². The van der Waals surface area contributed by atoms with Crippen molar-refractivity contribution in [1.29, 1.82) is 0 Å². The van der Waals surface area contributed by atoms with Crippen molar-refractivity contribution in [1.82, 2.24) is 0 Å². The molecule has 0 saturated heterocycles. The van der Waals surface area contributed by atoms with Gasteiger partial charge in [0.1, 0.15) is 6.61 Å². The average molecular weight is 523 g/mol. The standard InChI is InChI=1S/C27H24F6NOP/c1-25(2,3)23-16-35-24(34-23)21-6-4-5-7-22(21)36(19-12-8-17(9-13-19)26(28,29)30)20-14-10-18(11-15-20)27(31,32)33/h4-15,23H,16H2,1-3H3. The lowest BCUT2D eigenvalue weighted by atomic mass is 9.88. The lowest BCUT2D eigenvalue weighted by molar-refractivity contribution is -0.138. The van der Waals surface area contributed by atoms with Crippen LogP contribution in [0.15, 0.2) is 77.8 Å². The molecule has 0 spiro atoms. The van der Waals surface area contributed by atoms with Gasteiger partial charge in [-0.3, -0.25) is 0 Å². The fourth-order valence-corrected chi connectivity index (χ4v) is 6.24. The van der Waals surface area contributed by atoms with Gasteiger partial charge in [-0.15, -0.1) is 0 Å². The van der Waals surface area contributed by atoms with Crippen LogP contribution in [0.25, 0.3) is 0 Å². The lowest BCUT2D eigenvalue weighted by Crippen LogP contribution is -2.26. The van der Waals surface area contributed by atoms with E-state index in [9.17, 15) is 26.3 Å². The van der Waals surface area contributed by atoms with Gasteiger partial charge in [0.05, 0.1) is 17.2 Å². The summed E-state index contributed by atoms with van der Waals surface area (Å²) < 4.78 is 85.1. The molecule has 1 heterocycles. The molecule has 4 rings (SSSR count). The van der Waals surface area contributed by atoms with E-state index in [4.69, 9.17) is 9.73 Å². The summed E-state index contributed by atoms with van der Waals surface area (Å²) in [6.07, 6.45) is -9.00. The van der Waals surface area contributed by atoms with Crippen LogP contribution in [0, 0.1) is 5.41 Å². The highest BCUT2D eigenvalue weighted by Gasteiger charge is 2.34. The number of hydrogen-bond acceptors (Lipinski definition) is 2. The van der Waals surface area contributed by atoms with E-state index >= 15 is 0 Å². The highest BCUT2D eigenvalue weighted by molar-refractivity contribution is 7.80. The predicted molar refractivity (Wildman–Crippen MR) is 131 cm³/mol. The zero-order chi connectivity index (χ0) is 26.3. The minimum atomic E-state index is -4.50. The Hall–Kier alpha value is -2.86. The van der Waals surface area contributed by atoms with Crippen molar-refractivity contribution in [3.05, 3.63) is 89.5 Å². The molecule has 0 fully saturated rings. The van der Waals surface area contributed by atoms with Crippen molar-refractivity contribution in [3.63, 3.8) is 0 Å². The maximum absolute atomic E-state index is 13.2. The fourth-order valence-electron chi connectivity index (χ4n) is 3.84. The minimum absolute atomic E-state index is 0.0797. The number of ether oxygens (including phenoxy) is 1. The highest BCUT2D eigenvalue weighted by atomic mass is 31.1. The average Bonchev–Trinajstić information content (AvgIpc) is 3.30. The quantitative estimate of drug-likeness (QED) is 0.276. The van der Waals surface area contributed by atoms with E-state index in [0.717, 1.165) is 29.6 Å². The van der Waals surface area contributed by atoms with E-state index in [1.54, 1.807) is 6.07 Å². The molecule has 2 nitrogen and oxygen atoms in total. The molecule has 1 atom stereocenters. The third-order valence-corrected chi connectivity index (χ3v) is 8.43. The molecule has 0 amide bonds. The molecule has 1 unspecified atom stereocenters. The zero-order valence-corrected chi connectivity index (χ0v) is 20.7. The predicted octanol–water partition coefficient (Wildman–Crippen LogP) is 6.67. The van der Waals surface area contributed by atoms with Crippen molar-refractivity contribution >= 4 is 29.7 Å². The molecule has 9 heteroatoms. The maximum atomic E-state index is 13.2. The lowest BCUT2D eigenvalue weighted by Gasteiger charge is -2.23. The molecule has 0 aromatic heterocycles. The van der Waals surface area contributed by atoms with E-state index < -0.39 is 31.4 Å². The summed E-state index contributed by atoms with van der Waals surface area (Å²) >= 11 is 0. The molecule has 0 aliphatic carbocycles. The normalized spacial score (nSPS) is 16.7. The zero-order valence-electron chi connectivity index (χ0n) is 19.8. The smallest absolute Gasteiger partial charge is 0.416 e. The van der Waals surface area contributed by atoms with Crippen LogP contribution in [0.2, 0.25) is 0 Å². The first-order chi connectivity index (χ1) is 16.7. The second kappa shape index (κ2) is 9.55. The first-order valence-electron chi connectivity index (χ1n) is 11.2. The van der Waals surface area contributed by atoms with Crippen LogP contribution < -0.4 is 15.9 Å². The van der Waals surface area contributed by atoms with Crippen LogP contribution in [-0.4, -0.2) is 18.5 Å². The summed E-state index contributed by atoms with van der Waals surface area (Å²) in [5.74, 6) is 0.428. The fraction of sp³-hybridized carbons (Fsp3) is 0.296. The number of aliphatic imine (C=N–C) groups is 1. The molecular weight excluding hydrogens is 499 g/mol. The van der Waals surface area contributed by atoms with E-state index in [2.05, 4.69) is 20.8 Å². The molecule has 1 aliphatic heterocycles. The van der Waals surface area contributed by atoms with Crippen molar-refractivity contribution < 1.29 is 31.1 Å². The van der Waals surface area contributed by atoms with Crippen molar-refractivity contribution in [2.45, 2.75) is 39.2 Å². The van der Waals surface area contributed by atoms with Crippen molar-refractivity contribution in [3.8, 4) is 0 Å². The topological polar surface area (TPSA) is 21.6 Å². The van der Waals surface area contributed by atoms with Crippen LogP contribution in [0.4, 0.5) is 26.3 Å². The Balaban J connectivity index is 1.85. The van der Waals surface area contributed by atoms with Gasteiger partial charge in [0.2, 0.25) is 5.90 Å². The van der Waals surface area contributed by atoms with Gasteiger partial charge in [0, 0.05) is 5.56 Å². The molecule has 0 radical (unpaired) electrons. The third kappa shape index (κ3) is 5.59. The molecular formula is C27H24F6NOP. The van der Waals surface area contributed by atoms with Crippen LogP contribution in [-0.2, 0) is 17.1 Å². The van der Waals surface area contributed by atoms with Gasteiger partial charge in [-0.2, -0.15) is 26.3 Å². The van der Waals surface area contributed by atoms with Gasteiger partial charge in [0.15, 0.2) is 0 Å². The molecule has 36 heavy (non-hydrogen) atoms. The van der Waals surface area contributed by atoms with Crippen LogP contribution >= 0.6 is 7.92 Å². The number of halogens is 6. The van der Waals surface area contributed by atoms with Gasteiger partial charge >= 0.3 is 12.4 Å². The minimum Gasteiger partial charge on any atom is -0.475 e. The first-order valence-corrected chi connectivity index (χ1v) is 12.5. The number of benzene rings is 3. The maximum Gasteiger partial charge on any atom is 0.416 e. The Kier molecular flexibility index (Phi) is 6.95. The van der Waals surface area contributed by atoms with E-state index in [0.29, 0.717) is 28.7 Å². The number of hydrogen-bond donors (Lipinski definition) is 0. The van der Waals surface area contributed by atoms with E-state index in [-0.39, 0.29) is 11.5 Å². The molecule has 1 aliphatic rings. The Labute approximate surface area is 206 Å². The number of alkyl halides is 6. The number of rotatable bonds is 4. The van der Waals surface area contributed by atoms with Crippen LogP contribution in [0.5, 0.6) is 0 Å². The van der Waals surface area contributed by atoms with E-state index in [1.807, 2.05) is 18.2 Å². The summed E-state index contributed by atoms with van der Waals surface area (Å²) in [6, 6.07) is 16.7. The molecule has 0 bridgehead atoms. The van der Waals surface area contributed by atoms with Gasteiger partial charge in [0.25, 0.3) is 0 Å². The molecule has 190 valence electrons. The first kappa shape index (κ1) is 26.2. The van der Waals surface area contributed by atoms with Gasteiger partial charge in [-0.05, 0) is 59.6 Å². The monoisotopic (exact) mass is 523 g/mol. The van der Waals surface area contributed by atoms with Gasteiger partial charge in [-0.1, -0.05) is 63.2 Å². The summed E-state index contributed by atoms with van der Waals surface area (Å²) in [5.41, 5.74) is -1.05. The van der Waals surface area contributed by atoms with Gasteiger partial charge in [-0.25, -0.2) is 4.99 Å². The summed E-state index contributed by atoms with van der Waals surface area (Å²) in [6.45, 7) is 6.55. The summed E-state index contributed by atoms with van der Waals surface area (Å²) in [7, 11) is -1.52. The Morgan fingerprint density at radius 1 is 0.722 bits per heavy atom. The Bertz CT molecular complexity index is 1180. The Morgan fingerprint density at radius 2 is 1.19 bits per heavy atom. The second-order valence-corrected chi connectivity index (χ2v) is 11.8. The summed E-state index contributed by atoms with van der Waals surface area (Å²) in [4.78, 5) is 4.76. The second-order valence-electron chi connectivity index (χ2n) is 9.57. The van der Waals surface area contributed by atoms with E-state index in [1.165, 1.54) is 24.3 Å². The van der Waals surface area contributed by atoms with Gasteiger partial charge < -0.3 is 4.74 Å². The SMILES string of the molecule is CC(C)(C)C1COC(c2ccccc2P(c2ccc(C(F)(F)F)cc2)c2ccc(C(F)(F)F)cc2)=N1. The molecule has 0 saturated carbocycles. The number of nitrogens with zero attached hydrogens (tertiary/aromatic N) is 1. The molecule has 3 aromatic rings. The molecule has 3 aromatic carbocycles. The largest absolute Gasteiger partial charge is 0.475 e.